The van der Waals surface area contributed by atoms with Gasteiger partial charge < -0.3 is 0 Å². The summed E-state index contributed by atoms with van der Waals surface area (Å²) in [5.41, 5.74) is 1.69. The van der Waals surface area contributed by atoms with Crippen molar-refractivity contribution in [2.24, 2.45) is 5.92 Å². The Balaban J connectivity index is 1.61. The van der Waals surface area contributed by atoms with E-state index >= 15 is 0 Å². The first-order chi connectivity index (χ1) is 15.5. The first kappa shape index (κ1) is 22.0. The largest absolute Gasteiger partial charge is 0.274 e. The van der Waals surface area contributed by atoms with Gasteiger partial charge in [-0.1, -0.05) is 61.4 Å². The molecule has 164 valence electrons. The van der Waals surface area contributed by atoms with Gasteiger partial charge >= 0.3 is 0 Å². The lowest BCUT2D eigenvalue weighted by Gasteiger charge is -2.17. The Kier molecular flexibility index (Phi) is 6.51. The van der Waals surface area contributed by atoms with Gasteiger partial charge in [0.25, 0.3) is 5.56 Å². The van der Waals surface area contributed by atoms with Crippen molar-refractivity contribution in [1.82, 2.24) is 10.2 Å². The van der Waals surface area contributed by atoms with E-state index in [9.17, 15) is 14.4 Å². The molecule has 6 nitrogen and oxygen atoms in total. The number of imide groups is 1. The molecule has 2 aromatic carbocycles. The fraction of sp³-hybridized carbons (Fsp3) is 0.280. The van der Waals surface area contributed by atoms with E-state index in [0.717, 1.165) is 23.8 Å². The normalized spacial score (nSPS) is 16.6. The smallest absolute Gasteiger partial charge is 0.272 e. The Morgan fingerprint density at radius 2 is 1.91 bits per heavy atom. The summed E-state index contributed by atoms with van der Waals surface area (Å²) in [5, 5.41) is 8.43. The molecule has 1 aliphatic heterocycles. The van der Waals surface area contributed by atoms with Gasteiger partial charge in [-0.05, 0) is 36.6 Å². The van der Waals surface area contributed by atoms with E-state index in [4.69, 9.17) is 11.6 Å². The SMILES string of the molecule is CCC/C=C/CC1CC(=O)N(c2cc(Cc3n[nH]c(=O)c4ccccc34)ccc2Cl)C1=O. The predicted octanol–water partition coefficient (Wildman–Crippen LogP) is 4.79. The molecule has 0 spiro atoms. The minimum Gasteiger partial charge on any atom is -0.274 e. The number of aromatic nitrogens is 2. The number of anilines is 1. The Morgan fingerprint density at radius 3 is 2.69 bits per heavy atom. The second-order valence-corrected chi connectivity index (χ2v) is 8.38. The number of amides is 2. The molecule has 32 heavy (non-hydrogen) atoms. The molecule has 7 heteroatoms. The van der Waals surface area contributed by atoms with Crippen LogP contribution < -0.4 is 10.5 Å². The van der Waals surface area contributed by atoms with Crippen LogP contribution in [0.15, 0.2) is 59.4 Å². The molecule has 0 radical (unpaired) electrons. The van der Waals surface area contributed by atoms with Crippen LogP contribution in [0.4, 0.5) is 5.69 Å². The number of nitrogens with zero attached hydrogens (tertiary/aromatic N) is 2. The molecule has 1 fully saturated rings. The van der Waals surface area contributed by atoms with E-state index in [1.807, 2.05) is 24.3 Å². The molecule has 1 aliphatic rings. The number of H-pyrrole nitrogens is 1. The molecule has 1 unspecified atom stereocenters. The van der Waals surface area contributed by atoms with Crippen LogP contribution in [0.1, 0.15) is 43.9 Å². The second-order valence-electron chi connectivity index (χ2n) is 7.97. The number of carbonyl (C=O) groups is 2. The van der Waals surface area contributed by atoms with Gasteiger partial charge in [-0.3, -0.25) is 14.4 Å². The molecule has 0 saturated carbocycles. The van der Waals surface area contributed by atoms with Gasteiger partial charge in [-0.2, -0.15) is 5.10 Å². The first-order valence-corrected chi connectivity index (χ1v) is 11.1. The maximum Gasteiger partial charge on any atom is 0.272 e. The molecule has 3 aromatic rings. The van der Waals surface area contributed by atoms with Gasteiger partial charge in [0.2, 0.25) is 11.8 Å². The second kappa shape index (κ2) is 9.49. The maximum atomic E-state index is 13.0. The van der Waals surface area contributed by atoms with Gasteiger partial charge in [0.15, 0.2) is 0 Å². The molecule has 4 rings (SSSR count). The van der Waals surface area contributed by atoms with Crippen LogP contribution in [0.25, 0.3) is 10.8 Å². The summed E-state index contributed by atoms with van der Waals surface area (Å²) in [6, 6.07) is 12.6. The van der Waals surface area contributed by atoms with Gasteiger partial charge in [0, 0.05) is 18.2 Å². The van der Waals surface area contributed by atoms with Crippen LogP contribution in [0.3, 0.4) is 0 Å². The highest BCUT2D eigenvalue weighted by molar-refractivity contribution is 6.35. The number of benzene rings is 2. The summed E-state index contributed by atoms with van der Waals surface area (Å²) in [6.07, 6.45) is 7.18. The molecule has 0 bridgehead atoms. The van der Waals surface area contributed by atoms with Crippen molar-refractivity contribution in [3.8, 4) is 0 Å². The number of rotatable bonds is 7. The van der Waals surface area contributed by atoms with E-state index in [0.29, 0.717) is 34.6 Å². The lowest BCUT2D eigenvalue weighted by Crippen LogP contribution is -2.30. The van der Waals surface area contributed by atoms with Crippen LogP contribution in [0, 0.1) is 5.92 Å². The first-order valence-electron chi connectivity index (χ1n) is 10.8. The number of halogens is 1. The summed E-state index contributed by atoms with van der Waals surface area (Å²) < 4.78 is 0. The van der Waals surface area contributed by atoms with E-state index in [1.165, 1.54) is 4.90 Å². The molecule has 0 aliphatic carbocycles. The quantitative estimate of drug-likeness (QED) is 0.415. The third kappa shape index (κ3) is 4.36. The molecular formula is C25H24ClN3O3. The van der Waals surface area contributed by atoms with Crippen molar-refractivity contribution in [3.05, 3.63) is 81.3 Å². The number of fused-ring (bicyclic) bond motifs is 1. The zero-order valence-corrected chi connectivity index (χ0v) is 18.6. The zero-order chi connectivity index (χ0) is 22.7. The Morgan fingerprint density at radius 1 is 1.12 bits per heavy atom. The number of carbonyl (C=O) groups excluding carboxylic acids is 2. The molecule has 1 atom stereocenters. The molecule has 1 N–H and O–H groups in total. The van der Waals surface area contributed by atoms with Crippen LogP contribution in [-0.4, -0.2) is 22.0 Å². The number of unbranched alkanes of at least 4 members (excludes halogenated alkanes) is 1. The van der Waals surface area contributed by atoms with Crippen LogP contribution in [0.5, 0.6) is 0 Å². The minimum atomic E-state index is -0.361. The third-order valence-electron chi connectivity index (χ3n) is 5.68. The van der Waals surface area contributed by atoms with Gasteiger partial charge in [-0.25, -0.2) is 10.00 Å². The summed E-state index contributed by atoms with van der Waals surface area (Å²) in [4.78, 5) is 38.9. The van der Waals surface area contributed by atoms with Gasteiger partial charge in [0.1, 0.15) is 0 Å². The van der Waals surface area contributed by atoms with Crippen molar-refractivity contribution in [2.45, 2.75) is 39.0 Å². The number of nitrogens with one attached hydrogen (secondary N) is 1. The number of allylic oxidation sites excluding steroid dienone is 2. The highest BCUT2D eigenvalue weighted by atomic mass is 35.5. The van der Waals surface area contributed by atoms with E-state index < -0.39 is 0 Å². The highest BCUT2D eigenvalue weighted by Crippen LogP contribution is 2.34. The molecule has 1 saturated heterocycles. The van der Waals surface area contributed by atoms with Crippen molar-refractivity contribution < 1.29 is 9.59 Å². The van der Waals surface area contributed by atoms with Crippen molar-refractivity contribution in [2.75, 3.05) is 4.90 Å². The van der Waals surface area contributed by atoms with Crippen LogP contribution >= 0.6 is 11.6 Å². The third-order valence-corrected chi connectivity index (χ3v) is 6.00. The van der Waals surface area contributed by atoms with Crippen LogP contribution in [0.2, 0.25) is 5.02 Å². The average Bonchev–Trinajstić information content (AvgIpc) is 3.07. The predicted molar refractivity (Wildman–Crippen MR) is 126 cm³/mol. The van der Waals surface area contributed by atoms with Crippen molar-refractivity contribution in [3.63, 3.8) is 0 Å². The summed E-state index contributed by atoms with van der Waals surface area (Å²) in [6.45, 7) is 2.09. The fourth-order valence-corrected chi connectivity index (χ4v) is 4.22. The van der Waals surface area contributed by atoms with Gasteiger partial charge in [0.05, 0.1) is 27.7 Å². The number of aromatic amines is 1. The monoisotopic (exact) mass is 449 g/mol. The standard InChI is InChI=1S/C25H24ClN3O3/c1-2-3-4-5-8-17-15-23(30)29(25(17)32)22-14-16(11-12-20(22)26)13-21-18-9-6-7-10-19(18)24(31)28-27-21/h4-7,9-12,14,17H,2-3,8,13,15H2,1H3,(H,28,31)/b5-4+. The summed E-state index contributed by atoms with van der Waals surface area (Å²) >= 11 is 6.40. The lowest BCUT2D eigenvalue weighted by molar-refractivity contribution is -0.122. The minimum absolute atomic E-state index is 0.183. The molecule has 2 heterocycles. The summed E-state index contributed by atoms with van der Waals surface area (Å²) in [5.74, 6) is -0.821. The maximum absolute atomic E-state index is 13.0. The molecule has 2 amide bonds. The Labute approximate surface area is 190 Å². The fourth-order valence-electron chi connectivity index (χ4n) is 4.02. The van der Waals surface area contributed by atoms with Crippen molar-refractivity contribution >= 4 is 39.9 Å². The van der Waals surface area contributed by atoms with Crippen molar-refractivity contribution in [1.29, 1.82) is 0 Å². The Bertz CT molecular complexity index is 1260. The average molecular weight is 450 g/mol. The highest BCUT2D eigenvalue weighted by Gasteiger charge is 2.39. The van der Waals surface area contributed by atoms with E-state index in [2.05, 4.69) is 23.2 Å². The number of hydrogen-bond donors (Lipinski definition) is 1. The van der Waals surface area contributed by atoms with Gasteiger partial charge in [-0.15, -0.1) is 0 Å². The lowest BCUT2D eigenvalue weighted by atomic mass is 10.0. The molecule has 1 aromatic heterocycles. The van der Waals surface area contributed by atoms with E-state index in [-0.39, 0.29) is 29.7 Å². The Hall–Kier alpha value is -3.25. The zero-order valence-electron chi connectivity index (χ0n) is 17.8. The number of hydrogen-bond acceptors (Lipinski definition) is 4. The summed E-state index contributed by atoms with van der Waals surface area (Å²) in [7, 11) is 0. The molecular weight excluding hydrogens is 426 g/mol. The van der Waals surface area contributed by atoms with Crippen LogP contribution in [-0.2, 0) is 16.0 Å². The van der Waals surface area contributed by atoms with E-state index in [1.54, 1.807) is 24.3 Å². The topological polar surface area (TPSA) is 83.1 Å².